The van der Waals surface area contributed by atoms with Crippen LogP contribution in [-0.4, -0.2) is 42.2 Å². The van der Waals surface area contributed by atoms with Crippen LogP contribution >= 0.6 is 0 Å². The third-order valence-corrected chi connectivity index (χ3v) is 5.45. The molecular formula is C23H25N7O. The van der Waals surface area contributed by atoms with Crippen LogP contribution in [0.15, 0.2) is 54.7 Å². The Morgan fingerprint density at radius 2 is 1.90 bits per heavy atom. The van der Waals surface area contributed by atoms with Crippen LogP contribution in [-0.2, 0) is 24.9 Å². The Morgan fingerprint density at radius 1 is 1.10 bits per heavy atom. The zero-order valence-corrected chi connectivity index (χ0v) is 17.7. The lowest BCUT2D eigenvalue weighted by Gasteiger charge is -2.15. The minimum absolute atomic E-state index is 0.0108. The Balaban J connectivity index is 1.31. The van der Waals surface area contributed by atoms with Crippen LogP contribution in [0.1, 0.15) is 24.1 Å². The van der Waals surface area contributed by atoms with Crippen molar-refractivity contribution in [1.82, 2.24) is 29.3 Å². The van der Waals surface area contributed by atoms with E-state index in [-0.39, 0.29) is 11.8 Å². The molecule has 1 amide bonds. The molecule has 5 rings (SSSR count). The highest BCUT2D eigenvalue weighted by Gasteiger charge is 2.30. The van der Waals surface area contributed by atoms with E-state index in [0.717, 1.165) is 42.9 Å². The molecule has 0 aliphatic heterocycles. The summed E-state index contributed by atoms with van der Waals surface area (Å²) in [5.74, 6) is 0.489. The minimum atomic E-state index is 0.0108. The number of aryl methyl sites for hydroxylation is 1. The molecule has 31 heavy (non-hydrogen) atoms. The molecule has 4 aromatic rings. The van der Waals surface area contributed by atoms with E-state index in [1.807, 2.05) is 42.2 Å². The number of amides is 1. The number of benzene rings is 1. The van der Waals surface area contributed by atoms with E-state index in [1.54, 1.807) is 4.52 Å². The number of anilines is 1. The van der Waals surface area contributed by atoms with E-state index in [4.69, 9.17) is 0 Å². The number of rotatable bonds is 7. The molecule has 1 aliphatic carbocycles. The van der Waals surface area contributed by atoms with Gasteiger partial charge >= 0.3 is 0 Å². The van der Waals surface area contributed by atoms with Crippen LogP contribution in [0.5, 0.6) is 0 Å². The zero-order chi connectivity index (χ0) is 21.4. The summed E-state index contributed by atoms with van der Waals surface area (Å²) in [7, 11) is 4.03. The summed E-state index contributed by atoms with van der Waals surface area (Å²) >= 11 is 0. The van der Waals surface area contributed by atoms with Crippen LogP contribution in [0.2, 0.25) is 0 Å². The summed E-state index contributed by atoms with van der Waals surface area (Å²) in [5, 5.41) is 11.8. The van der Waals surface area contributed by atoms with E-state index in [0.29, 0.717) is 11.6 Å². The van der Waals surface area contributed by atoms with Crippen molar-refractivity contribution in [1.29, 1.82) is 0 Å². The molecule has 1 aromatic carbocycles. The van der Waals surface area contributed by atoms with Crippen molar-refractivity contribution in [3.05, 3.63) is 66.0 Å². The third-order valence-electron chi connectivity index (χ3n) is 5.45. The third kappa shape index (κ3) is 4.34. The molecule has 158 valence electrons. The van der Waals surface area contributed by atoms with Gasteiger partial charge in [-0.1, -0.05) is 30.3 Å². The number of hydrogen-bond donors (Lipinski definition) is 1. The number of carbonyl (C=O) groups excluding carboxylic acids is 1. The average Bonchev–Trinajstić information content (AvgIpc) is 3.41. The first-order chi connectivity index (χ1) is 15.0. The second-order valence-electron chi connectivity index (χ2n) is 8.23. The van der Waals surface area contributed by atoms with Gasteiger partial charge in [-0.15, -0.1) is 5.10 Å². The van der Waals surface area contributed by atoms with Crippen molar-refractivity contribution < 1.29 is 4.79 Å². The number of carbonyl (C=O) groups is 1. The second-order valence-corrected chi connectivity index (χ2v) is 8.23. The summed E-state index contributed by atoms with van der Waals surface area (Å²) in [6, 6.07) is 16.4. The molecule has 3 heterocycles. The van der Waals surface area contributed by atoms with E-state index in [9.17, 15) is 4.79 Å². The minimum Gasteiger partial charge on any atom is -0.296 e. The van der Waals surface area contributed by atoms with Crippen molar-refractivity contribution in [2.75, 3.05) is 12.4 Å². The van der Waals surface area contributed by atoms with E-state index in [1.165, 1.54) is 5.56 Å². The van der Waals surface area contributed by atoms with Crippen molar-refractivity contribution in [2.45, 2.75) is 25.9 Å². The molecule has 0 saturated heterocycles. The van der Waals surface area contributed by atoms with Gasteiger partial charge in [0.2, 0.25) is 11.9 Å². The van der Waals surface area contributed by atoms with Crippen LogP contribution in [0.4, 0.5) is 5.95 Å². The summed E-state index contributed by atoms with van der Waals surface area (Å²) in [5.41, 5.74) is 4.98. The molecule has 0 atom stereocenters. The lowest BCUT2D eigenvalue weighted by Crippen LogP contribution is -2.17. The summed E-state index contributed by atoms with van der Waals surface area (Å²) in [6.45, 7) is 1.64. The lowest BCUT2D eigenvalue weighted by molar-refractivity contribution is -0.117. The molecule has 0 bridgehead atoms. The maximum Gasteiger partial charge on any atom is 0.249 e. The molecule has 1 fully saturated rings. The largest absolute Gasteiger partial charge is 0.296 e. The van der Waals surface area contributed by atoms with Crippen molar-refractivity contribution >= 4 is 17.5 Å². The molecule has 8 heteroatoms. The fraction of sp³-hybridized carbons (Fsp3) is 0.304. The van der Waals surface area contributed by atoms with Gasteiger partial charge in [-0.25, -0.2) is 4.52 Å². The predicted molar refractivity (Wildman–Crippen MR) is 118 cm³/mol. The normalized spacial score (nSPS) is 13.8. The van der Waals surface area contributed by atoms with Crippen LogP contribution in [0, 0.1) is 5.92 Å². The number of hydrogen-bond acceptors (Lipinski definition) is 5. The van der Waals surface area contributed by atoms with Crippen LogP contribution in [0.3, 0.4) is 0 Å². The quantitative estimate of drug-likeness (QED) is 0.502. The summed E-state index contributed by atoms with van der Waals surface area (Å²) in [4.78, 5) is 18.7. The van der Waals surface area contributed by atoms with Gasteiger partial charge in [0.1, 0.15) is 0 Å². The number of pyridine rings is 1. The van der Waals surface area contributed by atoms with Crippen molar-refractivity contribution in [2.24, 2.45) is 13.0 Å². The van der Waals surface area contributed by atoms with Crippen molar-refractivity contribution in [3.63, 3.8) is 0 Å². The zero-order valence-electron chi connectivity index (χ0n) is 17.7. The fourth-order valence-corrected chi connectivity index (χ4v) is 3.71. The standard InChI is InChI=1S/C23H25N7O/c1-28(15-19-12-13-29(2)26-19)14-16-6-8-17(9-7-16)20-4-3-5-21-24-23(27-30(20)21)25-22(31)18-10-11-18/h3-9,12-13,18H,10-11,14-15H2,1-2H3,(H,25,27,31). The highest BCUT2D eigenvalue weighted by molar-refractivity contribution is 5.92. The molecule has 3 aromatic heterocycles. The second kappa shape index (κ2) is 7.96. The van der Waals surface area contributed by atoms with Gasteiger partial charge in [0, 0.05) is 37.8 Å². The first-order valence-electron chi connectivity index (χ1n) is 10.5. The topological polar surface area (TPSA) is 80.4 Å². The van der Waals surface area contributed by atoms with Gasteiger partial charge in [0.25, 0.3) is 0 Å². The Morgan fingerprint density at radius 3 is 2.61 bits per heavy atom. The molecule has 0 spiro atoms. The van der Waals surface area contributed by atoms with E-state index < -0.39 is 0 Å². The Labute approximate surface area is 180 Å². The molecule has 1 N–H and O–H groups in total. The fourth-order valence-electron chi connectivity index (χ4n) is 3.71. The number of aromatic nitrogens is 5. The summed E-state index contributed by atoms with van der Waals surface area (Å²) in [6.07, 6.45) is 3.87. The van der Waals surface area contributed by atoms with Gasteiger partial charge in [0.15, 0.2) is 5.65 Å². The van der Waals surface area contributed by atoms with Gasteiger partial charge in [0.05, 0.1) is 11.4 Å². The van der Waals surface area contributed by atoms with Crippen LogP contribution in [0.25, 0.3) is 16.9 Å². The Kier molecular flexibility index (Phi) is 4.99. The van der Waals surface area contributed by atoms with Crippen molar-refractivity contribution in [3.8, 4) is 11.3 Å². The first kappa shape index (κ1) is 19.4. The van der Waals surface area contributed by atoms with Gasteiger partial charge in [-0.05, 0) is 43.7 Å². The van der Waals surface area contributed by atoms with E-state index in [2.05, 4.69) is 56.7 Å². The molecule has 8 nitrogen and oxygen atoms in total. The molecule has 0 unspecified atom stereocenters. The number of nitrogens with zero attached hydrogens (tertiary/aromatic N) is 6. The smallest absolute Gasteiger partial charge is 0.249 e. The maximum atomic E-state index is 12.0. The first-order valence-corrected chi connectivity index (χ1v) is 10.5. The van der Waals surface area contributed by atoms with Gasteiger partial charge in [-0.3, -0.25) is 19.7 Å². The van der Waals surface area contributed by atoms with Crippen LogP contribution < -0.4 is 5.32 Å². The lowest BCUT2D eigenvalue weighted by atomic mass is 10.1. The molecule has 1 aliphatic rings. The SMILES string of the molecule is CN(Cc1ccc(-c2cccc3nc(NC(=O)C4CC4)nn23)cc1)Cc1ccn(C)n1. The highest BCUT2D eigenvalue weighted by Crippen LogP contribution is 2.30. The molecule has 1 saturated carbocycles. The predicted octanol–water partition coefficient (Wildman–Crippen LogP) is 3.11. The number of nitrogens with one attached hydrogen (secondary N) is 1. The molecule has 0 radical (unpaired) electrons. The summed E-state index contributed by atoms with van der Waals surface area (Å²) < 4.78 is 3.61. The Bertz CT molecular complexity index is 1220. The monoisotopic (exact) mass is 415 g/mol. The van der Waals surface area contributed by atoms with E-state index >= 15 is 0 Å². The number of fused-ring (bicyclic) bond motifs is 1. The average molecular weight is 416 g/mol. The maximum absolute atomic E-state index is 12.0. The van der Waals surface area contributed by atoms with Gasteiger partial charge in [-0.2, -0.15) is 10.1 Å². The molecular weight excluding hydrogens is 390 g/mol. The van der Waals surface area contributed by atoms with Gasteiger partial charge < -0.3 is 0 Å². The highest BCUT2D eigenvalue weighted by atomic mass is 16.2. The Hall–Kier alpha value is -3.52.